The number of ether oxygens (including phenoxy) is 1. The van der Waals surface area contributed by atoms with E-state index in [2.05, 4.69) is 4.98 Å². The number of hydrogen-bond acceptors (Lipinski definition) is 3. The van der Waals surface area contributed by atoms with E-state index in [1.807, 2.05) is 6.07 Å². The minimum Gasteiger partial charge on any atom is -0.505 e. The molecule has 0 aliphatic carbocycles. The highest BCUT2D eigenvalue weighted by molar-refractivity contribution is 5.85. The molecule has 1 N–H and O–H groups in total. The van der Waals surface area contributed by atoms with E-state index in [1.54, 1.807) is 55.6 Å². The minimum atomic E-state index is -4.57. The van der Waals surface area contributed by atoms with Gasteiger partial charge in [-0.25, -0.2) is 4.98 Å². The number of hydrogen-bond donors (Lipinski definition) is 1. The average molecular weight is 421 g/mol. The number of methoxy groups -OCH3 is 1. The van der Waals surface area contributed by atoms with Gasteiger partial charge in [0.15, 0.2) is 0 Å². The van der Waals surface area contributed by atoms with Gasteiger partial charge < -0.3 is 9.84 Å². The number of halogens is 3. The smallest absolute Gasteiger partial charge is 0.417 e. The summed E-state index contributed by atoms with van der Waals surface area (Å²) in [5.41, 5.74) is 1.06. The Balaban J connectivity index is 1.99. The van der Waals surface area contributed by atoms with Crippen LogP contribution in [0.25, 0.3) is 33.6 Å². The van der Waals surface area contributed by atoms with Crippen LogP contribution in [-0.2, 0) is 6.18 Å². The highest BCUT2D eigenvalue weighted by Gasteiger charge is 2.34. The lowest BCUT2D eigenvalue weighted by atomic mass is 9.95. The van der Waals surface area contributed by atoms with E-state index in [9.17, 15) is 18.3 Å². The van der Waals surface area contributed by atoms with Crippen molar-refractivity contribution in [2.24, 2.45) is 0 Å². The molecule has 1 aromatic heterocycles. The Morgan fingerprint density at radius 3 is 2.06 bits per heavy atom. The maximum absolute atomic E-state index is 13.7. The fourth-order valence-corrected chi connectivity index (χ4v) is 3.42. The highest BCUT2D eigenvalue weighted by Crippen LogP contribution is 2.44. The second-order valence-corrected chi connectivity index (χ2v) is 6.89. The van der Waals surface area contributed by atoms with E-state index in [-0.39, 0.29) is 22.6 Å². The zero-order valence-electron chi connectivity index (χ0n) is 16.5. The molecular formula is C25H18F3NO2. The first-order valence-electron chi connectivity index (χ1n) is 9.49. The monoisotopic (exact) mass is 421 g/mol. The maximum atomic E-state index is 13.7. The number of aromatic nitrogens is 1. The molecule has 0 spiro atoms. The third-order valence-electron chi connectivity index (χ3n) is 4.95. The highest BCUT2D eigenvalue weighted by atomic mass is 19.4. The van der Waals surface area contributed by atoms with Crippen LogP contribution in [0.15, 0.2) is 84.9 Å². The van der Waals surface area contributed by atoms with Crippen LogP contribution in [0.1, 0.15) is 5.56 Å². The van der Waals surface area contributed by atoms with Crippen molar-refractivity contribution in [2.45, 2.75) is 6.18 Å². The molecule has 0 atom stereocenters. The minimum absolute atomic E-state index is 0.0626. The van der Waals surface area contributed by atoms with Crippen molar-refractivity contribution >= 4 is 0 Å². The van der Waals surface area contributed by atoms with Gasteiger partial charge in [-0.3, -0.25) is 0 Å². The van der Waals surface area contributed by atoms with E-state index < -0.39 is 11.7 Å². The summed E-state index contributed by atoms with van der Waals surface area (Å²) in [5, 5.41) is 11.0. The van der Waals surface area contributed by atoms with Crippen LogP contribution in [0, 0.1) is 0 Å². The molecule has 3 nitrogen and oxygen atoms in total. The predicted molar refractivity (Wildman–Crippen MR) is 114 cm³/mol. The first-order chi connectivity index (χ1) is 14.9. The van der Waals surface area contributed by atoms with Gasteiger partial charge in [-0.2, -0.15) is 13.2 Å². The van der Waals surface area contributed by atoms with Crippen molar-refractivity contribution in [1.29, 1.82) is 0 Å². The Bertz CT molecular complexity index is 1200. The number of pyridine rings is 1. The van der Waals surface area contributed by atoms with Crippen LogP contribution in [0.2, 0.25) is 0 Å². The van der Waals surface area contributed by atoms with Crippen LogP contribution in [0.3, 0.4) is 0 Å². The molecule has 0 aliphatic rings. The van der Waals surface area contributed by atoms with Crippen molar-refractivity contribution in [2.75, 3.05) is 7.11 Å². The largest absolute Gasteiger partial charge is 0.505 e. The topological polar surface area (TPSA) is 42.4 Å². The summed E-state index contributed by atoms with van der Waals surface area (Å²) in [6, 6.07) is 22.6. The number of aromatic hydroxyl groups is 1. The molecule has 0 amide bonds. The van der Waals surface area contributed by atoms with E-state index >= 15 is 0 Å². The van der Waals surface area contributed by atoms with Crippen LogP contribution in [0.4, 0.5) is 13.2 Å². The molecular weight excluding hydrogens is 403 g/mol. The van der Waals surface area contributed by atoms with E-state index in [1.165, 1.54) is 24.3 Å². The summed E-state index contributed by atoms with van der Waals surface area (Å²) >= 11 is 0. The van der Waals surface area contributed by atoms with Gasteiger partial charge in [-0.15, -0.1) is 0 Å². The van der Waals surface area contributed by atoms with Gasteiger partial charge in [0.25, 0.3) is 0 Å². The molecule has 4 aromatic rings. The lowest BCUT2D eigenvalue weighted by Gasteiger charge is -2.17. The van der Waals surface area contributed by atoms with E-state index in [4.69, 9.17) is 4.74 Å². The second-order valence-electron chi connectivity index (χ2n) is 6.89. The van der Waals surface area contributed by atoms with Gasteiger partial charge >= 0.3 is 6.18 Å². The fourth-order valence-electron chi connectivity index (χ4n) is 3.42. The first-order valence-corrected chi connectivity index (χ1v) is 9.49. The van der Waals surface area contributed by atoms with Crippen molar-refractivity contribution in [3.63, 3.8) is 0 Å². The number of rotatable bonds is 4. The summed E-state index contributed by atoms with van der Waals surface area (Å²) in [6.45, 7) is 0. The third-order valence-corrected chi connectivity index (χ3v) is 4.95. The van der Waals surface area contributed by atoms with Crippen molar-refractivity contribution < 1.29 is 23.0 Å². The van der Waals surface area contributed by atoms with Gasteiger partial charge in [0.1, 0.15) is 17.2 Å². The summed E-state index contributed by atoms with van der Waals surface area (Å²) in [4.78, 5) is 4.57. The molecule has 6 heteroatoms. The SMILES string of the molecule is COc1ccc(-c2cc(-c3ccccc3C(F)(F)F)c(O)c(-c3ccccc3)n2)cc1. The van der Waals surface area contributed by atoms with Crippen LogP contribution >= 0.6 is 0 Å². The zero-order chi connectivity index (χ0) is 22.0. The van der Waals surface area contributed by atoms with Crippen LogP contribution in [-0.4, -0.2) is 17.2 Å². The van der Waals surface area contributed by atoms with Gasteiger partial charge in [-0.05, 0) is 42.0 Å². The molecule has 0 saturated carbocycles. The maximum Gasteiger partial charge on any atom is 0.417 e. The van der Waals surface area contributed by atoms with Crippen molar-refractivity contribution in [1.82, 2.24) is 4.98 Å². The van der Waals surface area contributed by atoms with Gasteiger partial charge in [0, 0.05) is 16.7 Å². The molecule has 0 fully saturated rings. The Kier molecular flexibility index (Phi) is 5.38. The quantitative estimate of drug-likeness (QED) is 0.393. The summed E-state index contributed by atoms with van der Waals surface area (Å²) < 4.78 is 46.2. The molecule has 0 saturated heterocycles. The molecule has 3 aromatic carbocycles. The van der Waals surface area contributed by atoms with Crippen molar-refractivity contribution in [3.05, 3.63) is 90.5 Å². The first kappa shape index (κ1) is 20.5. The molecule has 4 rings (SSSR count). The fraction of sp³-hybridized carbons (Fsp3) is 0.0800. The third kappa shape index (κ3) is 4.10. The van der Waals surface area contributed by atoms with Crippen LogP contribution < -0.4 is 4.74 Å². The van der Waals surface area contributed by atoms with Crippen LogP contribution in [0.5, 0.6) is 11.5 Å². The summed E-state index contributed by atoms with van der Waals surface area (Å²) in [7, 11) is 1.55. The van der Waals surface area contributed by atoms with Gasteiger partial charge in [0.2, 0.25) is 0 Å². The number of nitrogens with zero attached hydrogens (tertiary/aromatic N) is 1. The van der Waals surface area contributed by atoms with Crippen molar-refractivity contribution in [3.8, 4) is 45.1 Å². The Morgan fingerprint density at radius 1 is 0.774 bits per heavy atom. The normalized spacial score (nSPS) is 11.4. The Labute approximate surface area is 177 Å². The zero-order valence-corrected chi connectivity index (χ0v) is 16.5. The molecule has 0 unspecified atom stereocenters. The number of benzene rings is 3. The lowest BCUT2D eigenvalue weighted by molar-refractivity contribution is -0.137. The second kappa shape index (κ2) is 8.14. The Hall–Kier alpha value is -3.80. The molecule has 31 heavy (non-hydrogen) atoms. The average Bonchev–Trinajstić information content (AvgIpc) is 2.79. The Morgan fingerprint density at radius 2 is 1.42 bits per heavy atom. The molecule has 1 heterocycles. The van der Waals surface area contributed by atoms with Gasteiger partial charge in [0.05, 0.1) is 18.4 Å². The summed E-state index contributed by atoms with van der Waals surface area (Å²) in [6.07, 6.45) is -4.57. The molecule has 156 valence electrons. The predicted octanol–water partition coefficient (Wildman–Crippen LogP) is 6.82. The van der Waals surface area contributed by atoms with Gasteiger partial charge in [-0.1, -0.05) is 48.5 Å². The van der Waals surface area contributed by atoms with E-state index in [0.29, 0.717) is 22.6 Å². The molecule has 0 radical (unpaired) electrons. The molecule has 0 bridgehead atoms. The molecule has 0 aliphatic heterocycles. The lowest BCUT2D eigenvalue weighted by Crippen LogP contribution is -2.07. The van der Waals surface area contributed by atoms with E-state index in [0.717, 1.165) is 6.07 Å². The number of alkyl halides is 3. The standard InChI is InChI=1S/C25H18F3NO2/c1-31-18-13-11-16(12-14-18)22-15-20(19-9-5-6-10-21(19)25(26,27)28)24(30)23(29-22)17-7-3-2-4-8-17/h2-15,30H,1H3. The summed E-state index contributed by atoms with van der Waals surface area (Å²) in [5.74, 6) is 0.341.